The molecule has 0 aliphatic heterocycles. The second-order valence-electron chi connectivity index (χ2n) is 3.27. The van der Waals surface area contributed by atoms with E-state index in [1.807, 2.05) is 14.0 Å². The molecular formula is C13H13N. The molecule has 1 aromatic carbocycles. The molecule has 0 atom stereocenters. The van der Waals surface area contributed by atoms with E-state index in [0.717, 1.165) is 5.71 Å². The molecule has 14 heavy (non-hydrogen) atoms. The molecule has 1 aromatic rings. The predicted molar refractivity (Wildman–Crippen MR) is 61.7 cm³/mol. The summed E-state index contributed by atoms with van der Waals surface area (Å²) in [7, 11) is 1.83. The summed E-state index contributed by atoms with van der Waals surface area (Å²) >= 11 is 0. The maximum Gasteiger partial charge on any atom is 0.0646 e. The minimum Gasteiger partial charge on any atom is -0.288 e. The molecule has 0 aromatic heterocycles. The van der Waals surface area contributed by atoms with Gasteiger partial charge in [0, 0.05) is 7.05 Å². The number of hydrogen-bond acceptors (Lipinski definition) is 1. The molecule has 0 bridgehead atoms. The van der Waals surface area contributed by atoms with Gasteiger partial charge >= 0.3 is 0 Å². The zero-order chi connectivity index (χ0) is 9.97. The van der Waals surface area contributed by atoms with Crippen molar-refractivity contribution in [3.63, 3.8) is 0 Å². The van der Waals surface area contributed by atoms with Crippen molar-refractivity contribution in [1.82, 2.24) is 0 Å². The first-order valence-electron chi connectivity index (χ1n) is 4.77. The van der Waals surface area contributed by atoms with Crippen LogP contribution in [0.4, 0.5) is 0 Å². The van der Waals surface area contributed by atoms with Crippen LogP contribution in [0.3, 0.4) is 0 Å². The number of nitrogens with zero attached hydrogens (tertiary/aromatic N) is 1. The molecule has 0 radical (unpaired) electrons. The van der Waals surface area contributed by atoms with Gasteiger partial charge in [0.1, 0.15) is 0 Å². The average molecular weight is 183 g/mol. The number of rotatable bonds is 0. The van der Waals surface area contributed by atoms with Gasteiger partial charge in [-0.3, -0.25) is 4.99 Å². The number of aliphatic imine (C=N–C) groups is 1. The third-order valence-electron chi connectivity index (χ3n) is 2.45. The Morgan fingerprint density at radius 2 is 1.71 bits per heavy atom. The second kappa shape index (κ2) is 3.62. The minimum absolute atomic E-state index is 1.06. The Kier molecular flexibility index (Phi) is 2.32. The van der Waals surface area contributed by atoms with E-state index < -0.39 is 0 Å². The Bertz CT molecular complexity index is 469. The van der Waals surface area contributed by atoms with Crippen LogP contribution in [0.15, 0.2) is 40.9 Å². The molecule has 1 aliphatic carbocycles. The van der Waals surface area contributed by atoms with Crippen LogP contribution in [-0.4, -0.2) is 12.8 Å². The lowest BCUT2D eigenvalue weighted by atomic mass is 10.0. The number of fused-ring (bicyclic) bond motifs is 1. The number of allylic oxidation sites excluding steroid dienone is 2. The van der Waals surface area contributed by atoms with Gasteiger partial charge in [-0.15, -0.1) is 0 Å². The van der Waals surface area contributed by atoms with Gasteiger partial charge in [-0.05, 0) is 35.1 Å². The summed E-state index contributed by atoms with van der Waals surface area (Å²) < 4.78 is 0. The topological polar surface area (TPSA) is 12.4 Å². The molecule has 1 heteroatoms. The van der Waals surface area contributed by atoms with Gasteiger partial charge in [-0.25, -0.2) is 0 Å². The van der Waals surface area contributed by atoms with Gasteiger partial charge in [0.2, 0.25) is 0 Å². The molecule has 0 saturated carbocycles. The van der Waals surface area contributed by atoms with Crippen molar-refractivity contribution < 1.29 is 0 Å². The molecule has 1 nitrogen and oxygen atoms in total. The van der Waals surface area contributed by atoms with Gasteiger partial charge in [0.25, 0.3) is 0 Å². The molecule has 0 unspecified atom stereocenters. The fraction of sp³-hybridized carbons (Fsp3) is 0.154. The van der Waals surface area contributed by atoms with Crippen molar-refractivity contribution in [1.29, 1.82) is 0 Å². The van der Waals surface area contributed by atoms with Crippen molar-refractivity contribution in [2.24, 2.45) is 4.99 Å². The van der Waals surface area contributed by atoms with E-state index in [2.05, 4.69) is 47.5 Å². The summed E-state index contributed by atoms with van der Waals surface area (Å²) in [5, 5.41) is 2.52. The van der Waals surface area contributed by atoms with E-state index in [-0.39, 0.29) is 0 Å². The van der Waals surface area contributed by atoms with Crippen molar-refractivity contribution in [2.75, 3.05) is 7.05 Å². The van der Waals surface area contributed by atoms with Crippen LogP contribution >= 0.6 is 0 Å². The normalized spacial score (nSPS) is 20.1. The smallest absolute Gasteiger partial charge is 0.0646 e. The lowest BCUT2D eigenvalue weighted by Crippen LogP contribution is -2.29. The van der Waals surface area contributed by atoms with Crippen molar-refractivity contribution in [2.45, 2.75) is 6.92 Å². The van der Waals surface area contributed by atoms with Crippen molar-refractivity contribution in [3.05, 3.63) is 46.4 Å². The first-order chi connectivity index (χ1) is 6.85. The van der Waals surface area contributed by atoms with E-state index in [1.165, 1.54) is 16.0 Å². The van der Waals surface area contributed by atoms with E-state index in [0.29, 0.717) is 0 Å². The molecule has 0 amide bonds. The molecule has 0 spiro atoms. The van der Waals surface area contributed by atoms with Gasteiger partial charge in [0.15, 0.2) is 0 Å². The molecule has 0 saturated heterocycles. The quantitative estimate of drug-likeness (QED) is 0.574. The lowest BCUT2D eigenvalue weighted by molar-refractivity contribution is 1.43. The van der Waals surface area contributed by atoms with Crippen LogP contribution in [0.1, 0.15) is 6.92 Å². The van der Waals surface area contributed by atoms with E-state index in [1.54, 1.807) is 0 Å². The zero-order valence-corrected chi connectivity index (χ0v) is 8.49. The third-order valence-corrected chi connectivity index (χ3v) is 2.45. The molecule has 2 rings (SSSR count). The summed E-state index contributed by atoms with van der Waals surface area (Å²) in [5.74, 6) is 0. The largest absolute Gasteiger partial charge is 0.288 e. The fourth-order valence-electron chi connectivity index (χ4n) is 1.67. The van der Waals surface area contributed by atoms with Crippen LogP contribution in [0.25, 0.3) is 12.2 Å². The number of benzene rings is 1. The Balaban J connectivity index is 2.78. The minimum atomic E-state index is 1.06. The lowest BCUT2D eigenvalue weighted by Gasteiger charge is -2.06. The zero-order valence-electron chi connectivity index (χ0n) is 8.49. The van der Waals surface area contributed by atoms with Gasteiger partial charge in [0.05, 0.1) is 5.71 Å². The SMILES string of the molecule is C/C=C1/C=c2ccccc2=C/C1=N/C. The molecular weight excluding hydrogens is 170 g/mol. The predicted octanol–water partition coefficient (Wildman–Crippen LogP) is 1.28. The summed E-state index contributed by atoms with van der Waals surface area (Å²) in [6.45, 7) is 2.04. The van der Waals surface area contributed by atoms with Gasteiger partial charge in [-0.2, -0.15) is 0 Å². The van der Waals surface area contributed by atoms with Crippen LogP contribution < -0.4 is 10.4 Å². The Labute approximate surface area is 83.8 Å². The maximum atomic E-state index is 4.26. The Morgan fingerprint density at radius 3 is 2.29 bits per heavy atom. The molecule has 1 aliphatic rings. The van der Waals surface area contributed by atoms with Crippen LogP contribution in [-0.2, 0) is 0 Å². The van der Waals surface area contributed by atoms with Crippen LogP contribution in [0, 0.1) is 0 Å². The molecule has 0 heterocycles. The van der Waals surface area contributed by atoms with E-state index in [9.17, 15) is 0 Å². The Morgan fingerprint density at radius 1 is 1.07 bits per heavy atom. The highest BCUT2D eigenvalue weighted by Crippen LogP contribution is 2.03. The van der Waals surface area contributed by atoms with Gasteiger partial charge in [-0.1, -0.05) is 30.3 Å². The summed E-state index contributed by atoms with van der Waals surface area (Å²) in [6, 6.07) is 8.35. The van der Waals surface area contributed by atoms with E-state index in [4.69, 9.17) is 0 Å². The Hall–Kier alpha value is -1.63. The fourth-order valence-corrected chi connectivity index (χ4v) is 1.67. The highest BCUT2D eigenvalue weighted by Gasteiger charge is 2.03. The molecule has 0 N–H and O–H groups in total. The summed E-state index contributed by atoms with van der Waals surface area (Å²) in [6.07, 6.45) is 6.40. The van der Waals surface area contributed by atoms with Crippen molar-refractivity contribution >= 4 is 17.9 Å². The highest BCUT2D eigenvalue weighted by molar-refractivity contribution is 6.25. The monoisotopic (exact) mass is 183 g/mol. The first kappa shape index (κ1) is 8.95. The maximum absolute atomic E-state index is 4.26. The van der Waals surface area contributed by atoms with Crippen LogP contribution in [0.2, 0.25) is 0 Å². The third kappa shape index (κ3) is 1.41. The van der Waals surface area contributed by atoms with E-state index >= 15 is 0 Å². The summed E-state index contributed by atoms with van der Waals surface area (Å²) in [4.78, 5) is 4.26. The standard InChI is InChI=1S/C13H13N/c1-3-10-8-11-6-4-5-7-12(11)9-13(10)14-2/h3-9H,1-2H3/b10-3-,14-13-. The number of hydrogen-bond donors (Lipinski definition) is 0. The average Bonchev–Trinajstić information content (AvgIpc) is 2.27. The van der Waals surface area contributed by atoms with Gasteiger partial charge < -0.3 is 0 Å². The summed E-state index contributed by atoms with van der Waals surface area (Å²) in [5.41, 5.74) is 2.26. The second-order valence-corrected chi connectivity index (χ2v) is 3.27. The highest BCUT2D eigenvalue weighted by atomic mass is 14.7. The molecule has 0 fully saturated rings. The molecule has 70 valence electrons. The van der Waals surface area contributed by atoms with Crippen LogP contribution in [0.5, 0.6) is 0 Å². The first-order valence-corrected chi connectivity index (χ1v) is 4.77. The van der Waals surface area contributed by atoms with Crippen molar-refractivity contribution in [3.8, 4) is 0 Å².